The van der Waals surface area contributed by atoms with Gasteiger partial charge in [-0.15, -0.1) is 0 Å². The average molecular weight is 210 g/mol. The van der Waals surface area contributed by atoms with E-state index in [1.54, 1.807) is 0 Å². The Bertz CT molecular complexity index is 295. The van der Waals surface area contributed by atoms with Gasteiger partial charge >= 0.3 is 0 Å². The molecule has 3 rings (SSSR count). The fourth-order valence-corrected chi connectivity index (χ4v) is 3.40. The molecule has 3 heteroatoms. The van der Waals surface area contributed by atoms with E-state index in [1.807, 2.05) is 13.8 Å². The second-order valence-corrected chi connectivity index (χ2v) is 5.35. The van der Waals surface area contributed by atoms with Gasteiger partial charge in [0.15, 0.2) is 5.79 Å². The van der Waals surface area contributed by atoms with Crippen molar-refractivity contribution in [2.45, 2.75) is 38.3 Å². The van der Waals surface area contributed by atoms with Crippen LogP contribution in [-0.4, -0.2) is 29.7 Å². The van der Waals surface area contributed by atoms with Gasteiger partial charge in [-0.1, -0.05) is 12.2 Å². The topological polar surface area (TPSA) is 38.7 Å². The summed E-state index contributed by atoms with van der Waals surface area (Å²) in [5.41, 5.74) is 0. The molecule has 0 amide bonds. The first-order chi connectivity index (χ1) is 7.11. The van der Waals surface area contributed by atoms with E-state index in [0.29, 0.717) is 11.8 Å². The number of hydrogen-bond donors (Lipinski definition) is 1. The van der Waals surface area contributed by atoms with Gasteiger partial charge in [0.05, 0.1) is 12.2 Å². The van der Waals surface area contributed by atoms with E-state index in [2.05, 4.69) is 12.2 Å². The first kappa shape index (κ1) is 9.82. The summed E-state index contributed by atoms with van der Waals surface area (Å²) < 4.78 is 11.8. The van der Waals surface area contributed by atoms with Crippen molar-refractivity contribution in [1.82, 2.24) is 0 Å². The molecule has 3 nitrogen and oxygen atoms in total. The molecule has 1 heterocycles. The summed E-state index contributed by atoms with van der Waals surface area (Å²) in [5.74, 6) is 0.806. The summed E-state index contributed by atoms with van der Waals surface area (Å²) in [6.07, 6.45) is 5.82. The maximum Gasteiger partial charge on any atom is 0.163 e. The first-order valence-corrected chi connectivity index (χ1v) is 5.75. The smallest absolute Gasteiger partial charge is 0.163 e. The van der Waals surface area contributed by atoms with Crippen molar-refractivity contribution in [2.75, 3.05) is 6.61 Å². The minimum Gasteiger partial charge on any atom is -0.396 e. The number of fused-ring (bicyclic) bond motifs is 3. The van der Waals surface area contributed by atoms with Gasteiger partial charge in [-0.05, 0) is 26.2 Å². The molecule has 1 saturated heterocycles. The molecule has 0 aromatic rings. The third-order valence-electron chi connectivity index (χ3n) is 3.91. The molecule has 15 heavy (non-hydrogen) atoms. The Morgan fingerprint density at radius 3 is 2.87 bits per heavy atom. The molecule has 0 aromatic heterocycles. The van der Waals surface area contributed by atoms with Crippen molar-refractivity contribution < 1.29 is 14.6 Å². The molecule has 84 valence electrons. The summed E-state index contributed by atoms with van der Waals surface area (Å²) >= 11 is 0. The van der Waals surface area contributed by atoms with Crippen molar-refractivity contribution in [3.8, 4) is 0 Å². The molecule has 0 aromatic carbocycles. The largest absolute Gasteiger partial charge is 0.396 e. The monoisotopic (exact) mass is 210 g/mol. The molecule has 5 atom stereocenters. The summed E-state index contributed by atoms with van der Waals surface area (Å²) in [6, 6.07) is 0. The minimum absolute atomic E-state index is 0.178. The SMILES string of the molecule is CC1(C)O[C@H]2[C@H]3[C@H](C=C[C@H]3CO)C[C@H]2O1. The molecule has 0 bridgehead atoms. The van der Waals surface area contributed by atoms with Crippen LogP contribution in [0, 0.1) is 17.8 Å². The van der Waals surface area contributed by atoms with Gasteiger partial charge in [0, 0.05) is 18.4 Å². The van der Waals surface area contributed by atoms with Crippen LogP contribution < -0.4 is 0 Å². The van der Waals surface area contributed by atoms with Crippen LogP contribution in [0.4, 0.5) is 0 Å². The molecule has 1 N–H and O–H groups in total. The summed E-state index contributed by atoms with van der Waals surface area (Å²) in [4.78, 5) is 0. The Morgan fingerprint density at radius 1 is 1.33 bits per heavy atom. The van der Waals surface area contributed by atoms with E-state index in [-0.39, 0.29) is 24.7 Å². The van der Waals surface area contributed by atoms with Gasteiger partial charge in [-0.2, -0.15) is 0 Å². The van der Waals surface area contributed by atoms with E-state index in [1.165, 1.54) is 0 Å². The Morgan fingerprint density at radius 2 is 2.13 bits per heavy atom. The van der Waals surface area contributed by atoms with Crippen LogP contribution in [0.5, 0.6) is 0 Å². The zero-order valence-corrected chi connectivity index (χ0v) is 9.22. The highest BCUT2D eigenvalue weighted by molar-refractivity contribution is 5.15. The molecule has 0 radical (unpaired) electrons. The predicted octanol–water partition coefficient (Wildman–Crippen LogP) is 1.32. The Kier molecular flexibility index (Phi) is 2.00. The standard InChI is InChI=1S/C12H18O3/c1-12(2)14-9-5-7-3-4-8(6-13)10(7)11(9)15-12/h3-4,7-11,13H,5-6H2,1-2H3/t7-,8+,9-,10+,11-/m1/s1. The molecule has 1 saturated carbocycles. The van der Waals surface area contributed by atoms with Crippen molar-refractivity contribution >= 4 is 0 Å². The van der Waals surface area contributed by atoms with E-state index >= 15 is 0 Å². The van der Waals surface area contributed by atoms with Crippen LogP contribution in [0.15, 0.2) is 12.2 Å². The predicted molar refractivity (Wildman–Crippen MR) is 55.1 cm³/mol. The minimum atomic E-state index is -0.442. The molecular formula is C12H18O3. The quantitative estimate of drug-likeness (QED) is 0.663. The molecule has 3 aliphatic rings. The van der Waals surface area contributed by atoms with Crippen molar-refractivity contribution in [3.05, 3.63) is 12.2 Å². The van der Waals surface area contributed by atoms with Crippen LogP contribution >= 0.6 is 0 Å². The summed E-state index contributed by atoms with van der Waals surface area (Å²) in [7, 11) is 0. The Labute approximate surface area is 90.1 Å². The first-order valence-electron chi connectivity index (χ1n) is 5.75. The number of ether oxygens (including phenoxy) is 2. The number of hydrogen-bond acceptors (Lipinski definition) is 3. The molecule has 0 unspecified atom stereocenters. The molecule has 1 aliphatic heterocycles. The van der Waals surface area contributed by atoms with Crippen molar-refractivity contribution in [3.63, 3.8) is 0 Å². The van der Waals surface area contributed by atoms with Crippen LogP contribution in [0.25, 0.3) is 0 Å². The maximum atomic E-state index is 9.32. The third kappa shape index (κ3) is 1.37. The van der Waals surface area contributed by atoms with Crippen LogP contribution in [0.1, 0.15) is 20.3 Å². The lowest BCUT2D eigenvalue weighted by atomic mass is 9.89. The molecule has 2 aliphatic carbocycles. The molecule has 0 spiro atoms. The number of aliphatic hydroxyl groups excluding tert-OH is 1. The number of allylic oxidation sites excluding steroid dienone is 1. The molecule has 2 fully saturated rings. The fraction of sp³-hybridized carbons (Fsp3) is 0.833. The van der Waals surface area contributed by atoms with Gasteiger partial charge < -0.3 is 14.6 Å². The Hall–Kier alpha value is -0.380. The number of rotatable bonds is 1. The van der Waals surface area contributed by atoms with Crippen LogP contribution in [-0.2, 0) is 9.47 Å². The van der Waals surface area contributed by atoms with Crippen molar-refractivity contribution in [1.29, 1.82) is 0 Å². The van der Waals surface area contributed by atoms with E-state index < -0.39 is 5.79 Å². The van der Waals surface area contributed by atoms with Gasteiger partial charge in [0.25, 0.3) is 0 Å². The Balaban J connectivity index is 1.82. The average Bonchev–Trinajstić information content (AvgIpc) is 2.73. The summed E-state index contributed by atoms with van der Waals surface area (Å²) in [5, 5.41) is 9.32. The van der Waals surface area contributed by atoms with E-state index in [0.717, 1.165) is 6.42 Å². The molecular weight excluding hydrogens is 192 g/mol. The van der Waals surface area contributed by atoms with E-state index in [9.17, 15) is 5.11 Å². The highest BCUT2D eigenvalue weighted by atomic mass is 16.8. The van der Waals surface area contributed by atoms with E-state index in [4.69, 9.17) is 9.47 Å². The zero-order chi connectivity index (χ0) is 10.6. The van der Waals surface area contributed by atoms with Gasteiger partial charge in [0.2, 0.25) is 0 Å². The van der Waals surface area contributed by atoms with Crippen LogP contribution in [0.3, 0.4) is 0 Å². The second kappa shape index (κ2) is 3.06. The second-order valence-electron chi connectivity index (χ2n) is 5.35. The highest BCUT2D eigenvalue weighted by Crippen LogP contribution is 2.50. The normalized spacial score (nSPS) is 50.7. The lowest BCUT2D eigenvalue weighted by Gasteiger charge is -2.25. The highest BCUT2D eigenvalue weighted by Gasteiger charge is 2.55. The lowest BCUT2D eigenvalue weighted by Crippen LogP contribution is -2.31. The zero-order valence-electron chi connectivity index (χ0n) is 9.22. The van der Waals surface area contributed by atoms with Gasteiger partial charge in [-0.25, -0.2) is 0 Å². The lowest BCUT2D eigenvalue weighted by molar-refractivity contribution is -0.160. The van der Waals surface area contributed by atoms with Gasteiger partial charge in [0.1, 0.15) is 0 Å². The fourth-order valence-electron chi connectivity index (χ4n) is 3.40. The van der Waals surface area contributed by atoms with Crippen LogP contribution in [0.2, 0.25) is 0 Å². The van der Waals surface area contributed by atoms with Gasteiger partial charge in [-0.3, -0.25) is 0 Å². The summed E-state index contributed by atoms with van der Waals surface area (Å²) in [6.45, 7) is 4.16. The maximum absolute atomic E-state index is 9.32. The van der Waals surface area contributed by atoms with Crippen molar-refractivity contribution in [2.24, 2.45) is 17.8 Å². The number of aliphatic hydroxyl groups is 1. The third-order valence-corrected chi connectivity index (χ3v) is 3.91.